The summed E-state index contributed by atoms with van der Waals surface area (Å²) >= 11 is 0. The van der Waals surface area contributed by atoms with E-state index >= 15 is 0 Å². The van der Waals surface area contributed by atoms with E-state index in [9.17, 15) is 9.59 Å². The maximum absolute atomic E-state index is 12.1. The third-order valence-electron chi connectivity index (χ3n) is 4.12. The third kappa shape index (κ3) is 5.84. The zero-order valence-electron chi connectivity index (χ0n) is 16.3. The first kappa shape index (κ1) is 19.9. The van der Waals surface area contributed by atoms with Crippen molar-refractivity contribution >= 4 is 17.9 Å². The van der Waals surface area contributed by atoms with Crippen molar-refractivity contribution in [3.05, 3.63) is 95.0 Å². The molecule has 0 aliphatic carbocycles. The number of aryl methyl sites for hydroxylation is 2. The summed E-state index contributed by atoms with van der Waals surface area (Å²) in [4.78, 5) is 24.0. The van der Waals surface area contributed by atoms with Crippen molar-refractivity contribution in [1.29, 1.82) is 0 Å². The Morgan fingerprint density at radius 1 is 1.00 bits per heavy atom. The number of carbonyl (C=O) groups is 2. The fourth-order valence-corrected chi connectivity index (χ4v) is 2.70. The Kier molecular flexibility index (Phi) is 6.47. The first-order valence-corrected chi connectivity index (χ1v) is 9.13. The van der Waals surface area contributed by atoms with Gasteiger partial charge in [-0.05, 0) is 49.2 Å². The van der Waals surface area contributed by atoms with Crippen LogP contribution in [0.2, 0.25) is 0 Å². The second kappa shape index (κ2) is 9.41. The van der Waals surface area contributed by atoms with E-state index in [1.807, 2.05) is 54.6 Å². The van der Waals surface area contributed by atoms with Gasteiger partial charge in [-0.2, -0.15) is 0 Å². The molecule has 0 bridgehead atoms. The Labute approximate surface area is 169 Å². The highest BCUT2D eigenvalue weighted by atomic mass is 16.5. The molecule has 2 N–H and O–H groups in total. The van der Waals surface area contributed by atoms with E-state index < -0.39 is 11.8 Å². The van der Waals surface area contributed by atoms with Crippen molar-refractivity contribution in [1.82, 2.24) is 10.9 Å². The number of furan rings is 1. The smallest absolute Gasteiger partial charge is 0.273 e. The van der Waals surface area contributed by atoms with E-state index in [-0.39, 0.29) is 0 Å². The lowest BCUT2D eigenvalue weighted by Gasteiger charge is -2.07. The van der Waals surface area contributed by atoms with Gasteiger partial charge in [0.05, 0.1) is 5.56 Å². The van der Waals surface area contributed by atoms with Crippen LogP contribution in [0.4, 0.5) is 0 Å². The molecule has 6 heteroatoms. The number of amides is 2. The van der Waals surface area contributed by atoms with Gasteiger partial charge in [0, 0.05) is 6.08 Å². The van der Waals surface area contributed by atoms with Gasteiger partial charge in [0.1, 0.15) is 23.9 Å². The molecule has 0 saturated carbocycles. The van der Waals surface area contributed by atoms with E-state index in [1.54, 1.807) is 26.0 Å². The Bertz CT molecular complexity index is 1020. The largest absolute Gasteiger partial charge is 0.489 e. The standard InChI is InChI=1S/C23H22N2O4/c1-16-13-21(17(2)29-16)23(27)25-24-22(26)12-11-18-9-6-10-20(14-18)28-15-19-7-4-3-5-8-19/h3-14H,15H2,1-2H3,(H,24,26)(H,25,27)/b12-11+. The molecule has 0 radical (unpaired) electrons. The number of benzene rings is 2. The van der Waals surface area contributed by atoms with Crippen LogP contribution in [-0.2, 0) is 11.4 Å². The van der Waals surface area contributed by atoms with Crippen LogP contribution in [0.3, 0.4) is 0 Å². The van der Waals surface area contributed by atoms with Crippen molar-refractivity contribution in [3.8, 4) is 5.75 Å². The second-order valence-corrected chi connectivity index (χ2v) is 6.45. The van der Waals surface area contributed by atoms with E-state index in [4.69, 9.17) is 9.15 Å². The molecule has 148 valence electrons. The molecular formula is C23H22N2O4. The first-order valence-electron chi connectivity index (χ1n) is 9.13. The normalized spacial score (nSPS) is 10.7. The molecule has 3 rings (SSSR count). The third-order valence-corrected chi connectivity index (χ3v) is 4.12. The average molecular weight is 390 g/mol. The van der Waals surface area contributed by atoms with Gasteiger partial charge in [-0.3, -0.25) is 20.4 Å². The number of rotatable bonds is 6. The summed E-state index contributed by atoms with van der Waals surface area (Å²) in [6.45, 7) is 3.91. The molecule has 0 saturated heterocycles. The molecule has 0 aliphatic heterocycles. The summed E-state index contributed by atoms with van der Waals surface area (Å²) in [6, 6.07) is 18.9. The minimum atomic E-state index is -0.452. The molecule has 1 heterocycles. The zero-order valence-corrected chi connectivity index (χ0v) is 16.3. The number of hydrogen-bond donors (Lipinski definition) is 2. The van der Waals surface area contributed by atoms with Crippen LogP contribution >= 0.6 is 0 Å². The molecule has 0 unspecified atom stereocenters. The molecule has 0 fully saturated rings. The fraction of sp³-hybridized carbons (Fsp3) is 0.130. The maximum Gasteiger partial charge on any atom is 0.273 e. The number of ether oxygens (including phenoxy) is 1. The van der Waals surface area contributed by atoms with Crippen LogP contribution in [0.5, 0.6) is 5.75 Å². The molecule has 0 atom stereocenters. The monoisotopic (exact) mass is 390 g/mol. The van der Waals surface area contributed by atoms with Crippen LogP contribution in [0, 0.1) is 13.8 Å². The summed E-state index contributed by atoms with van der Waals surface area (Å²) < 4.78 is 11.1. The zero-order chi connectivity index (χ0) is 20.6. The molecular weight excluding hydrogens is 368 g/mol. The van der Waals surface area contributed by atoms with Gasteiger partial charge in [0.2, 0.25) is 0 Å². The number of hydrogen-bond acceptors (Lipinski definition) is 4. The molecule has 29 heavy (non-hydrogen) atoms. The molecule has 3 aromatic rings. The van der Waals surface area contributed by atoms with Crippen LogP contribution in [-0.4, -0.2) is 11.8 Å². The van der Waals surface area contributed by atoms with Crippen molar-refractivity contribution in [2.75, 3.05) is 0 Å². The molecule has 2 aromatic carbocycles. The van der Waals surface area contributed by atoms with Gasteiger partial charge in [0.15, 0.2) is 0 Å². The van der Waals surface area contributed by atoms with E-state index in [0.717, 1.165) is 11.1 Å². The Morgan fingerprint density at radius 2 is 1.79 bits per heavy atom. The van der Waals surface area contributed by atoms with Gasteiger partial charge < -0.3 is 9.15 Å². The van der Waals surface area contributed by atoms with Gasteiger partial charge in [0.25, 0.3) is 11.8 Å². The summed E-state index contributed by atoms with van der Waals surface area (Å²) in [5.41, 5.74) is 6.98. The number of carbonyl (C=O) groups excluding carboxylic acids is 2. The SMILES string of the molecule is Cc1cc(C(=O)NNC(=O)/C=C/c2cccc(OCc3ccccc3)c2)c(C)o1. The topological polar surface area (TPSA) is 80.6 Å². The summed E-state index contributed by atoms with van der Waals surface area (Å²) in [5.74, 6) is 0.949. The predicted octanol–water partition coefficient (Wildman–Crippen LogP) is 3.95. The van der Waals surface area contributed by atoms with Crippen LogP contribution in [0.15, 0.2) is 71.2 Å². The quantitative estimate of drug-likeness (QED) is 0.493. The highest BCUT2D eigenvalue weighted by Crippen LogP contribution is 2.16. The first-order chi connectivity index (χ1) is 14.0. The summed E-state index contributed by atoms with van der Waals surface area (Å²) in [5, 5.41) is 0. The predicted molar refractivity (Wildman–Crippen MR) is 110 cm³/mol. The van der Waals surface area contributed by atoms with Crippen LogP contribution < -0.4 is 15.6 Å². The highest BCUT2D eigenvalue weighted by Gasteiger charge is 2.13. The Balaban J connectivity index is 1.52. The number of hydrazine groups is 1. The van der Waals surface area contributed by atoms with Crippen LogP contribution in [0.1, 0.15) is 33.0 Å². The molecule has 1 aromatic heterocycles. The Hall–Kier alpha value is -3.80. The lowest BCUT2D eigenvalue weighted by molar-refractivity contribution is -0.117. The van der Waals surface area contributed by atoms with Gasteiger partial charge in [-0.1, -0.05) is 42.5 Å². The summed E-state index contributed by atoms with van der Waals surface area (Å²) in [7, 11) is 0. The Morgan fingerprint density at radius 3 is 2.52 bits per heavy atom. The minimum Gasteiger partial charge on any atom is -0.489 e. The second-order valence-electron chi connectivity index (χ2n) is 6.45. The van der Waals surface area contributed by atoms with E-state index in [0.29, 0.717) is 29.4 Å². The minimum absolute atomic E-state index is 0.384. The number of nitrogens with one attached hydrogen (secondary N) is 2. The summed E-state index contributed by atoms with van der Waals surface area (Å²) in [6.07, 6.45) is 2.98. The maximum atomic E-state index is 12.1. The van der Waals surface area contributed by atoms with Gasteiger partial charge in [-0.25, -0.2) is 0 Å². The molecule has 0 spiro atoms. The van der Waals surface area contributed by atoms with Gasteiger partial charge >= 0.3 is 0 Å². The lowest BCUT2D eigenvalue weighted by Crippen LogP contribution is -2.40. The van der Waals surface area contributed by atoms with Crippen LogP contribution in [0.25, 0.3) is 6.08 Å². The lowest BCUT2D eigenvalue weighted by atomic mass is 10.2. The van der Waals surface area contributed by atoms with Crippen molar-refractivity contribution in [2.45, 2.75) is 20.5 Å². The van der Waals surface area contributed by atoms with Gasteiger partial charge in [-0.15, -0.1) is 0 Å². The van der Waals surface area contributed by atoms with Crippen molar-refractivity contribution in [3.63, 3.8) is 0 Å². The fourth-order valence-electron chi connectivity index (χ4n) is 2.70. The molecule has 2 amide bonds. The van der Waals surface area contributed by atoms with E-state index in [2.05, 4.69) is 10.9 Å². The van der Waals surface area contributed by atoms with Crippen molar-refractivity contribution < 1.29 is 18.7 Å². The average Bonchev–Trinajstić information content (AvgIpc) is 3.08. The highest BCUT2D eigenvalue weighted by molar-refractivity contribution is 5.98. The molecule has 0 aliphatic rings. The molecule has 6 nitrogen and oxygen atoms in total. The van der Waals surface area contributed by atoms with E-state index in [1.165, 1.54) is 6.08 Å². The van der Waals surface area contributed by atoms with Crippen molar-refractivity contribution in [2.24, 2.45) is 0 Å².